The van der Waals surface area contributed by atoms with Crippen molar-refractivity contribution in [2.75, 3.05) is 31.1 Å². The molecule has 2 fully saturated rings. The molecule has 1 aromatic rings. The number of carbonyl (C=O) groups excluding carboxylic acids is 1. The summed E-state index contributed by atoms with van der Waals surface area (Å²) in [6, 6.07) is 0.618. The minimum absolute atomic E-state index is 0.228. The van der Waals surface area contributed by atoms with Crippen LogP contribution in [0.2, 0.25) is 0 Å². The van der Waals surface area contributed by atoms with Gasteiger partial charge in [-0.05, 0) is 19.3 Å². The van der Waals surface area contributed by atoms with Gasteiger partial charge in [0, 0.05) is 38.5 Å². The van der Waals surface area contributed by atoms with Crippen molar-refractivity contribution < 1.29 is 9.32 Å². The lowest BCUT2D eigenvalue weighted by Gasteiger charge is -2.20. The van der Waals surface area contributed by atoms with Crippen LogP contribution in [0.4, 0.5) is 6.01 Å². The van der Waals surface area contributed by atoms with Crippen molar-refractivity contribution in [2.45, 2.75) is 38.5 Å². The summed E-state index contributed by atoms with van der Waals surface area (Å²) in [4.78, 5) is 20.2. The zero-order valence-electron chi connectivity index (χ0n) is 11.3. The lowest BCUT2D eigenvalue weighted by atomic mass is 10.3. The van der Waals surface area contributed by atoms with E-state index in [1.54, 1.807) is 0 Å². The topological polar surface area (TPSA) is 62.5 Å². The number of nitrogens with zero attached hydrogens (tertiary/aromatic N) is 4. The minimum atomic E-state index is 0.228. The summed E-state index contributed by atoms with van der Waals surface area (Å²) in [6.45, 7) is 5.13. The smallest absolute Gasteiger partial charge is 0.324 e. The van der Waals surface area contributed by atoms with Crippen LogP contribution in [0.25, 0.3) is 0 Å². The normalized spacial score (nSPS) is 20.5. The summed E-state index contributed by atoms with van der Waals surface area (Å²) in [6.07, 6.45) is 3.88. The minimum Gasteiger partial charge on any atom is -0.341 e. The van der Waals surface area contributed by atoms with E-state index in [2.05, 4.69) is 15.0 Å². The number of aromatic nitrogens is 2. The second kappa shape index (κ2) is 5.19. The Morgan fingerprint density at radius 2 is 2.16 bits per heavy atom. The highest BCUT2D eigenvalue weighted by atomic mass is 16.5. The first-order valence-corrected chi connectivity index (χ1v) is 7.14. The standard InChI is InChI=1S/C13H20N4O2/c1-2-11(18)16-6-3-7-17(9-8-16)13-14-12(15-19-13)10-4-5-10/h10H,2-9H2,1H3. The van der Waals surface area contributed by atoms with Gasteiger partial charge in [-0.1, -0.05) is 12.1 Å². The van der Waals surface area contributed by atoms with Crippen molar-refractivity contribution in [2.24, 2.45) is 0 Å². The summed E-state index contributed by atoms with van der Waals surface area (Å²) in [7, 11) is 0. The number of rotatable bonds is 3. The Morgan fingerprint density at radius 1 is 1.32 bits per heavy atom. The molecule has 6 heteroatoms. The van der Waals surface area contributed by atoms with Gasteiger partial charge in [-0.2, -0.15) is 4.98 Å². The van der Waals surface area contributed by atoms with E-state index in [9.17, 15) is 4.79 Å². The predicted octanol–water partition coefficient (Wildman–Crippen LogP) is 1.40. The van der Waals surface area contributed by atoms with Crippen molar-refractivity contribution in [3.63, 3.8) is 0 Å². The van der Waals surface area contributed by atoms with Crippen LogP contribution in [0, 0.1) is 0 Å². The van der Waals surface area contributed by atoms with Crippen molar-refractivity contribution in [1.29, 1.82) is 0 Å². The van der Waals surface area contributed by atoms with E-state index in [0.29, 0.717) is 18.4 Å². The molecule has 2 heterocycles. The molecule has 1 aliphatic carbocycles. The molecule has 1 saturated heterocycles. The van der Waals surface area contributed by atoms with Gasteiger partial charge in [-0.3, -0.25) is 4.79 Å². The van der Waals surface area contributed by atoms with E-state index in [-0.39, 0.29) is 5.91 Å². The van der Waals surface area contributed by atoms with Gasteiger partial charge in [-0.15, -0.1) is 0 Å². The van der Waals surface area contributed by atoms with Crippen molar-refractivity contribution in [1.82, 2.24) is 15.0 Å². The summed E-state index contributed by atoms with van der Waals surface area (Å²) < 4.78 is 5.34. The summed E-state index contributed by atoms with van der Waals surface area (Å²) in [5.41, 5.74) is 0. The fourth-order valence-corrected chi connectivity index (χ4v) is 2.44. The van der Waals surface area contributed by atoms with Gasteiger partial charge in [0.2, 0.25) is 5.91 Å². The highest BCUT2D eigenvalue weighted by Crippen LogP contribution is 2.38. The van der Waals surface area contributed by atoms with Crippen LogP contribution in [-0.4, -0.2) is 47.1 Å². The van der Waals surface area contributed by atoms with E-state index in [4.69, 9.17) is 4.52 Å². The molecule has 0 aromatic carbocycles. The molecule has 3 rings (SSSR count). The predicted molar refractivity (Wildman–Crippen MR) is 70.0 cm³/mol. The summed E-state index contributed by atoms with van der Waals surface area (Å²) >= 11 is 0. The van der Waals surface area contributed by atoms with Gasteiger partial charge < -0.3 is 14.3 Å². The molecule has 0 unspecified atom stereocenters. The third kappa shape index (κ3) is 2.72. The SMILES string of the molecule is CCC(=O)N1CCCN(c2nc(C3CC3)no2)CC1. The third-order valence-corrected chi connectivity index (χ3v) is 3.80. The first-order chi connectivity index (χ1) is 9.28. The van der Waals surface area contributed by atoms with Crippen LogP contribution < -0.4 is 4.90 Å². The maximum atomic E-state index is 11.7. The van der Waals surface area contributed by atoms with Crippen molar-refractivity contribution >= 4 is 11.9 Å². The molecule has 1 aliphatic heterocycles. The van der Waals surface area contributed by atoms with Gasteiger partial charge in [0.25, 0.3) is 0 Å². The molecule has 1 amide bonds. The molecule has 0 spiro atoms. The lowest BCUT2D eigenvalue weighted by Crippen LogP contribution is -2.34. The average molecular weight is 264 g/mol. The third-order valence-electron chi connectivity index (χ3n) is 3.80. The molecule has 19 heavy (non-hydrogen) atoms. The maximum Gasteiger partial charge on any atom is 0.324 e. The molecule has 0 N–H and O–H groups in total. The van der Waals surface area contributed by atoms with Gasteiger partial charge >= 0.3 is 6.01 Å². The monoisotopic (exact) mass is 264 g/mol. The Hall–Kier alpha value is -1.59. The first-order valence-electron chi connectivity index (χ1n) is 7.14. The van der Waals surface area contributed by atoms with Crippen molar-refractivity contribution in [3.05, 3.63) is 5.82 Å². The van der Waals surface area contributed by atoms with E-state index < -0.39 is 0 Å². The Balaban J connectivity index is 1.63. The second-order valence-corrected chi connectivity index (χ2v) is 5.28. The van der Waals surface area contributed by atoms with E-state index >= 15 is 0 Å². The summed E-state index contributed by atoms with van der Waals surface area (Å²) in [5, 5.41) is 4.05. The first kappa shape index (κ1) is 12.4. The zero-order chi connectivity index (χ0) is 13.2. The van der Waals surface area contributed by atoms with E-state index in [1.165, 1.54) is 12.8 Å². The number of anilines is 1. The Morgan fingerprint density at radius 3 is 2.89 bits per heavy atom. The van der Waals surface area contributed by atoms with Crippen LogP contribution in [0.5, 0.6) is 0 Å². The maximum absolute atomic E-state index is 11.7. The Labute approximate surface area is 112 Å². The average Bonchev–Trinajstić information content (AvgIpc) is 3.22. The molecule has 0 radical (unpaired) electrons. The van der Waals surface area contributed by atoms with Crippen LogP contribution in [0.15, 0.2) is 4.52 Å². The largest absolute Gasteiger partial charge is 0.341 e. The van der Waals surface area contributed by atoms with Crippen LogP contribution in [0.1, 0.15) is 44.3 Å². The molecular weight excluding hydrogens is 244 g/mol. The van der Waals surface area contributed by atoms with Gasteiger partial charge in [0.1, 0.15) is 0 Å². The molecule has 104 valence electrons. The molecule has 2 aliphatic rings. The fourth-order valence-electron chi connectivity index (χ4n) is 2.44. The lowest BCUT2D eigenvalue weighted by molar-refractivity contribution is -0.130. The zero-order valence-corrected chi connectivity index (χ0v) is 11.3. The quantitative estimate of drug-likeness (QED) is 0.825. The second-order valence-electron chi connectivity index (χ2n) is 5.28. The highest BCUT2D eigenvalue weighted by molar-refractivity contribution is 5.75. The van der Waals surface area contributed by atoms with E-state index in [0.717, 1.165) is 38.4 Å². The molecule has 0 bridgehead atoms. The fraction of sp³-hybridized carbons (Fsp3) is 0.769. The number of amides is 1. The number of hydrogen-bond acceptors (Lipinski definition) is 5. The Kier molecular flexibility index (Phi) is 3.40. The van der Waals surface area contributed by atoms with Crippen LogP contribution >= 0.6 is 0 Å². The van der Waals surface area contributed by atoms with E-state index in [1.807, 2.05) is 11.8 Å². The summed E-state index contributed by atoms with van der Waals surface area (Å²) in [5.74, 6) is 1.59. The molecule has 0 atom stereocenters. The van der Waals surface area contributed by atoms with Gasteiger partial charge in [0.05, 0.1) is 0 Å². The number of hydrogen-bond donors (Lipinski definition) is 0. The molecular formula is C13H20N4O2. The molecule has 6 nitrogen and oxygen atoms in total. The molecule has 1 saturated carbocycles. The molecule has 1 aromatic heterocycles. The van der Waals surface area contributed by atoms with Crippen molar-refractivity contribution in [3.8, 4) is 0 Å². The number of carbonyl (C=O) groups is 1. The van der Waals surface area contributed by atoms with Gasteiger partial charge in [-0.25, -0.2) is 0 Å². The Bertz CT molecular complexity index is 455. The highest BCUT2D eigenvalue weighted by Gasteiger charge is 2.30. The van der Waals surface area contributed by atoms with Gasteiger partial charge in [0.15, 0.2) is 5.82 Å². The van der Waals surface area contributed by atoms with Crippen LogP contribution in [-0.2, 0) is 4.79 Å². The van der Waals surface area contributed by atoms with Crippen LogP contribution in [0.3, 0.4) is 0 Å².